The van der Waals surface area contributed by atoms with E-state index in [2.05, 4.69) is 16.0 Å². The lowest BCUT2D eigenvalue weighted by Crippen LogP contribution is -2.31. The average molecular weight is 429 g/mol. The molecular weight excluding hydrogens is 406 g/mol. The van der Waals surface area contributed by atoms with Crippen LogP contribution in [0.15, 0.2) is 60.9 Å². The van der Waals surface area contributed by atoms with E-state index in [1.165, 1.54) is 0 Å². The molecule has 2 aromatic heterocycles. The topological polar surface area (TPSA) is 76.7 Å². The van der Waals surface area contributed by atoms with Crippen LogP contribution in [0.1, 0.15) is 15.9 Å². The maximum atomic E-state index is 13.3. The molecule has 5 rings (SSSR count). The summed E-state index contributed by atoms with van der Waals surface area (Å²) in [5.41, 5.74) is 4.26. The molecule has 1 amide bonds. The summed E-state index contributed by atoms with van der Waals surface area (Å²) in [6.07, 6.45) is 3.69. The molecule has 1 aliphatic heterocycles. The molecule has 0 saturated heterocycles. The van der Waals surface area contributed by atoms with Crippen LogP contribution >= 0.6 is 0 Å². The summed E-state index contributed by atoms with van der Waals surface area (Å²) < 4.78 is 16.7. The van der Waals surface area contributed by atoms with Crippen LogP contribution < -0.4 is 14.2 Å². The van der Waals surface area contributed by atoms with E-state index in [1.807, 2.05) is 54.9 Å². The Labute approximate surface area is 185 Å². The van der Waals surface area contributed by atoms with Crippen LogP contribution in [-0.4, -0.2) is 48.1 Å². The number of nitrogens with one attached hydrogen (secondary N) is 1. The number of H-pyrrole nitrogens is 1. The lowest BCUT2D eigenvalue weighted by molar-refractivity contribution is 0.0742. The molecule has 2 aromatic carbocycles. The zero-order valence-electron chi connectivity index (χ0n) is 17.9. The highest BCUT2D eigenvalue weighted by molar-refractivity contribution is 5.98. The van der Waals surface area contributed by atoms with Crippen LogP contribution in [0.5, 0.6) is 17.2 Å². The minimum Gasteiger partial charge on any atom is -0.497 e. The monoisotopic (exact) mass is 429 g/mol. The van der Waals surface area contributed by atoms with E-state index in [9.17, 15) is 4.79 Å². The largest absolute Gasteiger partial charge is 0.497 e. The minimum absolute atomic E-state index is 0.0648. The van der Waals surface area contributed by atoms with Gasteiger partial charge in [0.25, 0.3) is 5.91 Å². The fourth-order valence-electron chi connectivity index (χ4n) is 3.96. The van der Waals surface area contributed by atoms with Gasteiger partial charge in [-0.1, -0.05) is 6.07 Å². The van der Waals surface area contributed by atoms with Crippen LogP contribution in [0.25, 0.3) is 22.2 Å². The second-order valence-corrected chi connectivity index (χ2v) is 7.65. The Kier molecular flexibility index (Phi) is 5.15. The van der Waals surface area contributed by atoms with Crippen LogP contribution in [0, 0.1) is 0 Å². The standard InChI is InChI=1S/C25H23N3O4/c1-30-20-9-16(10-21(13-20)31-2)15-28-7-8-32-23-12-17(3-4-22(23)25(28)29)19-11-18-5-6-26-24(18)27-14-19/h3-6,9-14H,7-8,15H2,1-2H3,(H,26,27). The quantitative estimate of drug-likeness (QED) is 0.512. The molecule has 7 nitrogen and oxygen atoms in total. The molecule has 1 N–H and O–H groups in total. The van der Waals surface area contributed by atoms with Crippen LogP contribution in [0.3, 0.4) is 0 Å². The number of methoxy groups -OCH3 is 2. The first kappa shape index (κ1) is 19.9. The van der Waals surface area contributed by atoms with Crippen LogP contribution in [-0.2, 0) is 6.54 Å². The predicted octanol–water partition coefficient (Wildman–Crippen LogP) is 4.28. The molecule has 0 aliphatic carbocycles. The summed E-state index contributed by atoms with van der Waals surface area (Å²) in [5.74, 6) is 1.91. The van der Waals surface area contributed by atoms with E-state index >= 15 is 0 Å². The number of nitrogens with zero attached hydrogens (tertiary/aromatic N) is 2. The van der Waals surface area contributed by atoms with Crippen molar-refractivity contribution in [3.63, 3.8) is 0 Å². The van der Waals surface area contributed by atoms with E-state index in [1.54, 1.807) is 19.1 Å². The molecule has 0 saturated carbocycles. The minimum atomic E-state index is -0.0648. The highest BCUT2D eigenvalue weighted by atomic mass is 16.5. The van der Waals surface area contributed by atoms with Gasteiger partial charge in [0.1, 0.15) is 29.5 Å². The Morgan fingerprint density at radius 2 is 1.84 bits per heavy atom. The van der Waals surface area contributed by atoms with E-state index in [-0.39, 0.29) is 5.91 Å². The first-order valence-corrected chi connectivity index (χ1v) is 10.4. The maximum absolute atomic E-state index is 13.3. The van der Waals surface area contributed by atoms with Gasteiger partial charge < -0.3 is 24.1 Å². The number of aromatic amines is 1. The second kappa shape index (κ2) is 8.26. The SMILES string of the molecule is COc1cc(CN2CCOc3cc(-c4cnc5[nH]ccc5c4)ccc3C2=O)cc(OC)c1. The third kappa shape index (κ3) is 3.73. The number of pyridine rings is 1. The molecule has 0 fully saturated rings. The molecule has 3 heterocycles. The van der Waals surface area contributed by atoms with Crippen molar-refractivity contribution in [2.75, 3.05) is 27.4 Å². The number of hydrogen-bond acceptors (Lipinski definition) is 5. The summed E-state index contributed by atoms with van der Waals surface area (Å²) in [6, 6.07) is 15.4. The van der Waals surface area contributed by atoms with Crippen LogP contribution in [0.4, 0.5) is 0 Å². The maximum Gasteiger partial charge on any atom is 0.258 e. The number of aromatic nitrogens is 2. The predicted molar refractivity (Wildman–Crippen MR) is 121 cm³/mol. The van der Waals surface area contributed by atoms with Gasteiger partial charge in [0.15, 0.2) is 0 Å². The van der Waals surface area contributed by atoms with Crippen molar-refractivity contribution in [1.29, 1.82) is 0 Å². The third-order valence-electron chi connectivity index (χ3n) is 5.64. The fraction of sp³-hybridized carbons (Fsp3) is 0.200. The lowest BCUT2D eigenvalue weighted by atomic mass is 10.0. The summed E-state index contributed by atoms with van der Waals surface area (Å²) in [4.78, 5) is 22.6. The van der Waals surface area contributed by atoms with Gasteiger partial charge in [0.05, 0.1) is 26.3 Å². The van der Waals surface area contributed by atoms with Crippen molar-refractivity contribution in [3.8, 4) is 28.4 Å². The van der Waals surface area contributed by atoms with E-state index in [0.717, 1.165) is 27.7 Å². The summed E-state index contributed by atoms with van der Waals surface area (Å²) in [5, 5.41) is 1.04. The van der Waals surface area contributed by atoms with Crippen LogP contribution in [0.2, 0.25) is 0 Å². The van der Waals surface area contributed by atoms with Gasteiger partial charge in [0.2, 0.25) is 0 Å². The van der Waals surface area contributed by atoms with Gasteiger partial charge in [-0.05, 0) is 47.5 Å². The lowest BCUT2D eigenvalue weighted by Gasteiger charge is -2.21. The van der Waals surface area contributed by atoms with Gasteiger partial charge in [-0.3, -0.25) is 4.79 Å². The Hall–Kier alpha value is -4.00. The fourth-order valence-corrected chi connectivity index (χ4v) is 3.96. The first-order chi connectivity index (χ1) is 15.6. The number of benzene rings is 2. The molecule has 1 aliphatic rings. The number of amides is 1. The molecule has 32 heavy (non-hydrogen) atoms. The number of carbonyl (C=O) groups is 1. The van der Waals surface area contributed by atoms with Crippen molar-refractivity contribution in [1.82, 2.24) is 14.9 Å². The first-order valence-electron chi connectivity index (χ1n) is 10.4. The Bertz CT molecular complexity index is 1280. The van der Waals surface area contributed by atoms with Crippen molar-refractivity contribution in [2.45, 2.75) is 6.54 Å². The van der Waals surface area contributed by atoms with Crippen molar-refractivity contribution >= 4 is 16.9 Å². The zero-order valence-corrected chi connectivity index (χ0v) is 17.9. The molecule has 162 valence electrons. The number of ether oxygens (including phenoxy) is 3. The normalized spacial score (nSPS) is 13.4. The number of rotatable bonds is 5. The Morgan fingerprint density at radius 3 is 2.62 bits per heavy atom. The molecule has 0 spiro atoms. The van der Waals surface area contributed by atoms with Gasteiger partial charge in [0, 0.05) is 36.0 Å². The summed E-state index contributed by atoms with van der Waals surface area (Å²) in [7, 11) is 3.22. The molecule has 0 radical (unpaired) electrons. The van der Waals surface area contributed by atoms with Gasteiger partial charge >= 0.3 is 0 Å². The van der Waals surface area contributed by atoms with Gasteiger partial charge in [-0.25, -0.2) is 4.98 Å². The highest BCUT2D eigenvalue weighted by Crippen LogP contribution is 2.31. The van der Waals surface area contributed by atoms with Crippen molar-refractivity contribution in [3.05, 3.63) is 72.1 Å². The molecule has 0 atom stereocenters. The zero-order chi connectivity index (χ0) is 22.1. The molecule has 4 aromatic rings. The van der Waals surface area contributed by atoms with Crippen molar-refractivity contribution in [2.24, 2.45) is 0 Å². The van der Waals surface area contributed by atoms with Gasteiger partial charge in [-0.2, -0.15) is 0 Å². The molecular formula is C25H23N3O4. The molecule has 0 unspecified atom stereocenters. The second-order valence-electron chi connectivity index (χ2n) is 7.65. The number of fused-ring (bicyclic) bond motifs is 2. The smallest absolute Gasteiger partial charge is 0.258 e. The third-order valence-corrected chi connectivity index (χ3v) is 5.64. The highest BCUT2D eigenvalue weighted by Gasteiger charge is 2.24. The number of hydrogen-bond donors (Lipinski definition) is 1. The summed E-state index contributed by atoms with van der Waals surface area (Å²) in [6.45, 7) is 1.34. The van der Waals surface area contributed by atoms with E-state index in [4.69, 9.17) is 14.2 Å². The molecule has 7 heteroatoms. The molecule has 0 bridgehead atoms. The van der Waals surface area contributed by atoms with Crippen molar-refractivity contribution < 1.29 is 19.0 Å². The number of carbonyl (C=O) groups excluding carboxylic acids is 1. The Balaban J connectivity index is 1.43. The van der Waals surface area contributed by atoms with E-state index < -0.39 is 0 Å². The van der Waals surface area contributed by atoms with Gasteiger partial charge in [-0.15, -0.1) is 0 Å². The summed E-state index contributed by atoms with van der Waals surface area (Å²) >= 11 is 0. The Morgan fingerprint density at radius 1 is 1.03 bits per heavy atom. The average Bonchev–Trinajstić information content (AvgIpc) is 3.24. The van der Waals surface area contributed by atoms with E-state index in [0.29, 0.717) is 42.5 Å².